The topological polar surface area (TPSA) is 125 Å². The van der Waals surface area contributed by atoms with Crippen molar-refractivity contribution in [1.29, 1.82) is 0 Å². The van der Waals surface area contributed by atoms with Gasteiger partial charge in [-0.1, -0.05) is 12.1 Å². The van der Waals surface area contributed by atoms with Gasteiger partial charge in [-0.05, 0) is 54.1 Å². The number of carbonyl (C=O) groups is 3. The average Bonchev–Trinajstić information content (AvgIpc) is 2.80. The minimum atomic E-state index is -1.10. The number of amides is 2. The third kappa shape index (κ3) is 8.33. The summed E-state index contributed by atoms with van der Waals surface area (Å²) in [6.07, 6.45) is 0.563. The summed E-state index contributed by atoms with van der Waals surface area (Å²) in [5, 5.41) is 23.0. The zero-order chi connectivity index (χ0) is 25.1. The van der Waals surface area contributed by atoms with Gasteiger partial charge in [0.05, 0.1) is 22.8 Å². The Morgan fingerprint density at radius 1 is 1.24 bits per heavy atom. The number of nitrogens with one attached hydrogen (secondary N) is 1. The first-order valence-electron chi connectivity index (χ1n) is 11.2. The first-order valence-corrected chi connectivity index (χ1v) is 12.3. The molecule has 1 aromatic carbocycles. The Bertz CT molecular complexity index is 877. The maximum atomic E-state index is 13.1. The van der Waals surface area contributed by atoms with Gasteiger partial charge in [0.1, 0.15) is 23.7 Å². The number of hydrogen-bond donors (Lipinski definition) is 3. The minimum absolute atomic E-state index is 0.00523. The van der Waals surface area contributed by atoms with Gasteiger partial charge in [0.2, 0.25) is 11.8 Å². The van der Waals surface area contributed by atoms with E-state index in [0.717, 1.165) is 3.57 Å². The van der Waals surface area contributed by atoms with Crippen LogP contribution in [0.5, 0.6) is 5.75 Å². The molecule has 3 atom stereocenters. The lowest BCUT2D eigenvalue weighted by atomic mass is 9.88. The molecule has 0 saturated heterocycles. The molecule has 0 spiro atoms. The maximum absolute atomic E-state index is 13.1. The molecular weight excluding hydrogens is 555 g/mol. The predicted molar refractivity (Wildman–Crippen MR) is 134 cm³/mol. The van der Waals surface area contributed by atoms with Crippen LogP contribution in [0.1, 0.15) is 32.6 Å². The third-order valence-electron chi connectivity index (χ3n) is 5.49. The van der Waals surface area contributed by atoms with Crippen molar-refractivity contribution in [3.63, 3.8) is 0 Å². The van der Waals surface area contributed by atoms with Gasteiger partial charge in [0.15, 0.2) is 0 Å². The van der Waals surface area contributed by atoms with Crippen molar-refractivity contribution in [2.45, 2.75) is 50.9 Å². The van der Waals surface area contributed by atoms with Crippen molar-refractivity contribution < 1.29 is 34.1 Å². The lowest BCUT2D eigenvalue weighted by Crippen LogP contribution is -2.55. The molecule has 10 heteroatoms. The molecule has 0 aromatic heterocycles. The number of aliphatic hydroxyl groups excluding tert-OH is 2. The molecule has 0 saturated carbocycles. The van der Waals surface area contributed by atoms with E-state index >= 15 is 0 Å². The Kier molecular flexibility index (Phi) is 11.9. The number of ketones is 1. The summed E-state index contributed by atoms with van der Waals surface area (Å²) in [6.45, 7) is 1.83. The monoisotopic (exact) mass is 588 g/mol. The van der Waals surface area contributed by atoms with Crippen LogP contribution in [-0.4, -0.2) is 84.4 Å². The highest BCUT2D eigenvalue weighted by atomic mass is 127. The van der Waals surface area contributed by atoms with Crippen molar-refractivity contribution >= 4 is 40.2 Å². The van der Waals surface area contributed by atoms with E-state index in [2.05, 4.69) is 27.9 Å². The summed E-state index contributed by atoms with van der Waals surface area (Å²) >= 11 is 2.13. The summed E-state index contributed by atoms with van der Waals surface area (Å²) in [6, 6.07) is 6.58. The van der Waals surface area contributed by atoms with Gasteiger partial charge in [0.25, 0.3) is 0 Å². The number of carbonyl (C=O) groups excluding carboxylic acids is 3. The average molecular weight is 588 g/mol. The van der Waals surface area contributed by atoms with E-state index in [0.29, 0.717) is 24.2 Å². The van der Waals surface area contributed by atoms with Crippen LogP contribution in [0.25, 0.3) is 0 Å². The number of nitrogens with zero attached hydrogens (tertiary/aromatic N) is 1. The van der Waals surface area contributed by atoms with E-state index in [9.17, 15) is 19.5 Å². The van der Waals surface area contributed by atoms with Crippen LogP contribution in [0.2, 0.25) is 0 Å². The molecule has 188 valence electrons. The Labute approximate surface area is 213 Å². The van der Waals surface area contributed by atoms with Gasteiger partial charge in [-0.3, -0.25) is 9.59 Å². The summed E-state index contributed by atoms with van der Waals surface area (Å²) < 4.78 is 12.1. The van der Waals surface area contributed by atoms with Crippen LogP contribution >= 0.6 is 22.6 Å². The van der Waals surface area contributed by atoms with Gasteiger partial charge in [-0.25, -0.2) is 0 Å². The Morgan fingerprint density at radius 2 is 1.97 bits per heavy atom. The first kappa shape index (κ1) is 28.2. The van der Waals surface area contributed by atoms with Crippen LogP contribution < -0.4 is 10.1 Å². The van der Waals surface area contributed by atoms with Crippen LogP contribution in [0.3, 0.4) is 0 Å². The highest BCUT2D eigenvalue weighted by molar-refractivity contribution is 14.1. The second kappa shape index (κ2) is 14.4. The lowest BCUT2D eigenvalue weighted by molar-refractivity contribution is -0.139. The van der Waals surface area contributed by atoms with E-state index in [4.69, 9.17) is 14.6 Å². The summed E-state index contributed by atoms with van der Waals surface area (Å²) in [7, 11) is 1.52. The second-order valence-corrected chi connectivity index (χ2v) is 9.24. The zero-order valence-corrected chi connectivity index (χ0v) is 21.7. The molecule has 0 radical (unpaired) electrons. The number of Topliss-reactive ketones (excluding diaryl/α,β-unsaturated/α-hetero) is 1. The SMILES string of the molecule is COCCN(C(=O)CCCC(C)=O)C1CC(C(=O)NCCO)=CC(Oc2ccccc2I)C1O. The largest absolute Gasteiger partial charge is 0.482 e. The van der Waals surface area contributed by atoms with Gasteiger partial charge in [-0.15, -0.1) is 0 Å². The number of para-hydroxylation sites is 1. The molecule has 34 heavy (non-hydrogen) atoms. The Balaban J connectivity index is 2.33. The standard InChI is InChI=1S/C24H33IN2O7/c1-16(29)6-5-9-22(30)27(11-13-33-2)19-14-17(24(32)26-10-12-28)15-21(23(19)31)34-20-8-4-3-7-18(20)25/h3-4,7-8,15,19,21,23,28,31H,5-6,9-14H2,1-2H3,(H,26,32). The van der Waals surface area contributed by atoms with Crippen molar-refractivity contribution in [2.24, 2.45) is 0 Å². The van der Waals surface area contributed by atoms with Gasteiger partial charge >= 0.3 is 0 Å². The third-order valence-corrected chi connectivity index (χ3v) is 6.38. The van der Waals surface area contributed by atoms with Gasteiger partial charge in [0, 0.05) is 45.0 Å². The van der Waals surface area contributed by atoms with Crippen molar-refractivity contribution in [3.8, 4) is 5.75 Å². The number of methoxy groups -OCH3 is 1. The fraction of sp³-hybridized carbons (Fsp3) is 0.542. The fourth-order valence-corrected chi connectivity index (χ4v) is 4.28. The van der Waals surface area contributed by atoms with Crippen LogP contribution in [0.15, 0.2) is 35.9 Å². The van der Waals surface area contributed by atoms with Crippen molar-refractivity contribution in [2.75, 3.05) is 33.4 Å². The molecule has 1 aromatic rings. The number of rotatable bonds is 13. The molecule has 1 aliphatic carbocycles. The normalized spacial score (nSPS) is 19.8. The lowest BCUT2D eigenvalue weighted by Gasteiger charge is -2.40. The van der Waals surface area contributed by atoms with E-state index in [1.165, 1.54) is 18.9 Å². The molecule has 0 heterocycles. The van der Waals surface area contributed by atoms with Gasteiger partial charge < -0.3 is 34.7 Å². The van der Waals surface area contributed by atoms with Crippen LogP contribution in [-0.2, 0) is 19.1 Å². The smallest absolute Gasteiger partial charge is 0.247 e. The summed E-state index contributed by atoms with van der Waals surface area (Å²) in [4.78, 5) is 38.6. The van der Waals surface area contributed by atoms with Crippen LogP contribution in [0.4, 0.5) is 0 Å². The number of ether oxygens (including phenoxy) is 2. The number of halogens is 1. The Hall–Kier alpha value is -2.02. The molecule has 3 unspecified atom stereocenters. The van der Waals surface area contributed by atoms with Gasteiger partial charge in [-0.2, -0.15) is 0 Å². The van der Waals surface area contributed by atoms with Crippen LogP contribution in [0, 0.1) is 3.57 Å². The highest BCUT2D eigenvalue weighted by Gasteiger charge is 2.40. The summed E-state index contributed by atoms with van der Waals surface area (Å²) in [5.41, 5.74) is 0.360. The number of aliphatic hydroxyl groups is 2. The molecule has 0 fully saturated rings. The fourth-order valence-electron chi connectivity index (χ4n) is 3.76. The molecule has 1 aliphatic rings. The Morgan fingerprint density at radius 3 is 2.62 bits per heavy atom. The van der Waals surface area contributed by atoms with E-state index in [-0.39, 0.29) is 50.8 Å². The zero-order valence-electron chi connectivity index (χ0n) is 19.5. The molecule has 3 N–H and O–H groups in total. The van der Waals surface area contributed by atoms with E-state index in [1.54, 1.807) is 12.1 Å². The molecular formula is C24H33IN2O7. The second-order valence-electron chi connectivity index (χ2n) is 8.08. The quantitative estimate of drug-likeness (QED) is 0.298. The predicted octanol–water partition coefficient (Wildman–Crippen LogP) is 1.44. The number of benzene rings is 1. The molecule has 0 bridgehead atoms. The molecule has 9 nitrogen and oxygen atoms in total. The molecule has 0 aliphatic heterocycles. The van der Waals surface area contributed by atoms with Crippen molar-refractivity contribution in [1.82, 2.24) is 10.2 Å². The van der Waals surface area contributed by atoms with E-state index in [1.807, 2.05) is 18.2 Å². The maximum Gasteiger partial charge on any atom is 0.247 e. The summed E-state index contributed by atoms with van der Waals surface area (Å²) in [5.74, 6) is -0.0634. The first-order chi connectivity index (χ1) is 16.3. The highest BCUT2D eigenvalue weighted by Crippen LogP contribution is 2.30. The number of hydrogen-bond acceptors (Lipinski definition) is 7. The van der Waals surface area contributed by atoms with E-state index < -0.39 is 24.2 Å². The molecule has 2 amide bonds. The minimum Gasteiger partial charge on any atom is -0.482 e. The molecule has 2 rings (SSSR count). The van der Waals surface area contributed by atoms with Crippen molar-refractivity contribution in [3.05, 3.63) is 39.5 Å².